The molecule has 156 valence electrons. The normalized spacial score (nSPS) is 19.7. The quantitative estimate of drug-likeness (QED) is 0.437. The Kier molecular flexibility index (Phi) is 6.75. The second-order valence-electron chi connectivity index (χ2n) is 9.32. The van der Waals surface area contributed by atoms with Crippen molar-refractivity contribution >= 4 is 21.3 Å². The Balaban J connectivity index is 2.20. The number of aryl methyl sites for hydroxylation is 6. The summed E-state index contributed by atoms with van der Waals surface area (Å²) < 4.78 is 2.81. The van der Waals surface area contributed by atoms with E-state index in [9.17, 15) is 0 Å². The topological polar surface area (TPSA) is 3.24 Å². The fourth-order valence-corrected chi connectivity index (χ4v) is 11.4. The lowest BCUT2D eigenvalue weighted by atomic mass is 10.0. The van der Waals surface area contributed by atoms with Gasteiger partial charge in [0, 0.05) is 25.2 Å². The van der Waals surface area contributed by atoms with Crippen LogP contribution in [0.15, 0.2) is 24.3 Å². The number of rotatable bonds is 5. The first-order chi connectivity index (χ1) is 13.5. The molecule has 1 aliphatic rings. The lowest BCUT2D eigenvalue weighted by Gasteiger charge is -2.48. The summed E-state index contributed by atoms with van der Waals surface area (Å²) in [7, 11) is 1.15. The molecule has 0 spiro atoms. The van der Waals surface area contributed by atoms with Crippen LogP contribution < -0.4 is 0 Å². The Morgan fingerprint density at radius 3 is 1.55 bits per heavy atom. The molecule has 1 nitrogen and oxygen atoms in total. The zero-order valence-electron chi connectivity index (χ0n) is 19.9. The Morgan fingerprint density at radius 2 is 1.14 bits per heavy atom. The molecule has 0 aliphatic carbocycles. The van der Waals surface area contributed by atoms with Gasteiger partial charge in [0.2, 0.25) is 0 Å². The van der Waals surface area contributed by atoms with Gasteiger partial charge >= 0.3 is 0 Å². The Bertz CT molecular complexity index is 901. The lowest BCUT2D eigenvalue weighted by molar-refractivity contribution is 0.324. The number of hydrogen-bond acceptors (Lipinski definition) is 1. The number of hydrogen-bond donors (Lipinski definition) is 0. The summed E-state index contributed by atoms with van der Waals surface area (Å²) in [6.45, 7) is 23.1. The van der Waals surface area contributed by atoms with Crippen LogP contribution in [0.1, 0.15) is 77.6 Å². The molecular weight excluding hydrogens is 388 g/mol. The first kappa shape index (κ1) is 22.7. The van der Waals surface area contributed by atoms with Gasteiger partial charge in [0.05, 0.1) is 5.40 Å². The summed E-state index contributed by atoms with van der Waals surface area (Å²) in [5.41, 5.74) is 11.7. The predicted molar refractivity (Wildman–Crippen MR) is 134 cm³/mol. The minimum Gasteiger partial charge on any atom is -0.272 e. The highest BCUT2D eigenvalue weighted by atomic mass is 31.2. The van der Waals surface area contributed by atoms with Crippen LogP contribution in [0, 0.1) is 41.5 Å². The van der Waals surface area contributed by atoms with Gasteiger partial charge in [-0.05, 0) is 103 Å². The average molecular weight is 426 g/mol. The fourth-order valence-electron chi connectivity index (χ4n) is 5.12. The molecule has 0 radical (unpaired) electrons. The van der Waals surface area contributed by atoms with Gasteiger partial charge in [0.15, 0.2) is 0 Å². The maximum atomic E-state index is 2.81. The molecule has 0 bridgehead atoms. The van der Waals surface area contributed by atoms with Crippen LogP contribution in [0.3, 0.4) is 0 Å². The van der Waals surface area contributed by atoms with Crippen molar-refractivity contribution in [1.82, 2.24) is 4.67 Å². The first-order valence-electron chi connectivity index (χ1n) is 10.8. The molecule has 29 heavy (non-hydrogen) atoms. The smallest absolute Gasteiger partial charge is 0.0648 e. The van der Waals surface area contributed by atoms with Gasteiger partial charge in [-0.15, -0.1) is 0 Å². The number of nitrogens with zero attached hydrogens (tertiary/aromatic N) is 1. The third-order valence-electron chi connectivity index (χ3n) is 5.90. The van der Waals surface area contributed by atoms with E-state index < -0.39 is 0 Å². The SMILES string of the molecule is Cc1cc(C)c(C2=PC(c3c(C)cc(C)cc3C)P2N(C(C)C)C(C)C)c(C)c1. The second-order valence-corrected chi connectivity index (χ2v) is 13.4. The van der Waals surface area contributed by atoms with Crippen molar-refractivity contribution in [2.45, 2.75) is 86.7 Å². The van der Waals surface area contributed by atoms with E-state index in [1.165, 1.54) is 47.1 Å². The van der Waals surface area contributed by atoms with Gasteiger partial charge in [-0.2, -0.15) is 0 Å². The maximum absolute atomic E-state index is 2.81. The molecule has 0 N–H and O–H groups in total. The third kappa shape index (κ3) is 4.25. The van der Waals surface area contributed by atoms with E-state index in [-0.39, 0.29) is 8.07 Å². The summed E-state index contributed by atoms with van der Waals surface area (Å²) in [6, 6.07) is 10.6. The molecule has 3 rings (SSSR count). The second kappa shape index (κ2) is 8.63. The fraction of sp³-hybridized carbons (Fsp3) is 0.500. The molecule has 0 aromatic heterocycles. The van der Waals surface area contributed by atoms with Crippen LogP contribution in [0.2, 0.25) is 0 Å². The van der Waals surface area contributed by atoms with Gasteiger partial charge in [-0.3, -0.25) is 4.67 Å². The molecule has 0 amide bonds. The van der Waals surface area contributed by atoms with Gasteiger partial charge in [-0.25, -0.2) is 0 Å². The number of benzene rings is 2. The van der Waals surface area contributed by atoms with E-state index in [4.69, 9.17) is 0 Å². The van der Waals surface area contributed by atoms with Crippen LogP contribution in [-0.2, 0) is 0 Å². The summed E-state index contributed by atoms with van der Waals surface area (Å²) in [4.78, 5) is 0. The van der Waals surface area contributed by atoms with Crippen molar-refractivity contribution in [3.05, 3.63) is 68.8 Å². The molecule has 2 atom stereocenters. The zero-order valence-corrected chi connectivity index (χ0v) is 21.7. The van der Waals surface area contributed by atoms with Crippen molar-refractivity contribution in [3.8, 4) is 0 Å². The molecule has 2 aromatic rings. The minimum atomic E-state index is -0.366. The highest BCUT2D eigenvalue weighted by molar-refractivity contribution is 7.97. The van der Waals surface area contributed by atoms with Crippen molar-refractivity contribution in [1.29, 1.82) is 0 Å². The molecule has 3 heteroatoms. The van der Waals surface area contributed by atoms with E-state index in [2.05, 4.69) is 98.2 Å². The van der Waals surface area contributed by atoms with Crippen molar-refractivity contribution in [2.24, 2.45) is 0 Å². The molecule has 0 saturated carbocycles. The Labute approximate surface area is 181 Å². The lowest BCUT2D eigenvalue weighted by Crippen LogP contribution is -2.37. The highest BCUT2D eigenvalue weighted by Crippen LogP contribution is 2.73. The average Bonchev–Trinajstić information content (AvgIpc) is 2.54. The minimum absolute atomic E-state index is 0.366. The summed E-state index contributed by atoms with van der Waals surface area (Å²) in [5.74, 6) is 0. The van der Waals surface area contributed by atoms with Gasteiger partial charge < -0.3 is 0 Å². The van der Waals surface area contributed by atoms with Crippen LogP contribution in [0.5, 0.6) is 0 Å². The summed E-state index contributed by atoms with van der Waals surface area (Å²) >= 11 is 0. The summed E-state index contributed by atoms with van der Waals surface area (Å²) in [6.07, 6.45) is 0. The van der Waals surface area contributed by atoms with Crippen LogP contribution >= 0.6 is 16.3 Å². The van der Waals surface area contributed by atoms with E-state index in [1.807, 2.05) is 0 Å². The van der Waals surface area contributed by atoms with Crippen molar-refractivity contribution in [2.75, 3.05) is 0 Å². The van der Waals surface area contributed by atoms with Gasteiger partial charge in [0.25, 0.3) is 0 Å². The van der Waals surface area contributed by atoms with E-state index >= 15 is 0 Å². The standard InChI is InChI=1S/C26H37NP2/c1-15(2)27(16(3)4)29-25(23-19(7)11-17(5)12-20(23)8)28-26(29)24-21(9)13-18(6)14-22(24)10/h11-16,25H,1-10H3. The molecule has 1 heterocycles. The van der Waals surface area contributed by atoms with Crippen molar-refractivity contribution in [3.63, 3.8) is 0 Å². The summed E-state index contributed by atoms with van der Waals surface area (Å²) in [5, 5.41) is 2.30. The Hall–Kier alpha value is -1.00. The van der Waals surface area contributed by atoms with E-state index in [1.54, 1.807) is 10.6 Å². The van der Waals surface area contributed by atoms with E-state index in [0.29, 0.717) is 17.5 Å². The molecule has 0 saturated heterocycles. The first-order valence-corrected chi connectivity index (χ1v) is 13.2. The monoisotopic (exact) mass is 425 g/mol. The molecule has 0 fully saturated rings. The van der Waals surface area contributed by atoms with Crippen molar-refractivity contribution < 1.29 is 0 Å². The molecule has 2 unspecified atom stereocenters. The maximum Gasteiger partial charge on any atom is 0.0648 e. The predicted octanol–water partition coefficient (Wildman–Crippen LogP) is 8.19. The van der Waals surface area contributed by atoms with Gasteiger partial charge in [-0.1, -0.05) is 43.6 Å². The largest absolute Gasteiger partial charge is 0.272 e. The Morgan fingerprint density at radius 1 is 0.724 bits per heavy atom. The molecule has 2 aromatic carbocycles. The van der Waals surface area contributed by atoms with Crippen LogP contribution in [0.25, 0.3) is 0 Å². The zero-order chi connectivity index (χ0) is 21.6. The molecular formula is C26H37NP2. The van der Waals surface area contributed by atoms with Crippen LogP contribution in [-0.4, -0.2) is 21.8 Å². The highest BCUT2D eigenvalue weighted by Gasteiger charge is 2.43. The molecule has 1 aliphatic heterocycles. The third-order valence-corrected chi connectivity index (χ3v) is 11.6. The van der Waals surface area contributed by atoms with E-state index in [0.717, 1.165) is 0 Å². The van der Waals surface area contributed by atoms with Crippen LogP contribution in [0.4, 0.5) is 0 Å². The van der Waals surface area contributed by atoms with Gasteiger partial charge in [0.1, 0.15) is 0 Å².